The number of aromatic nitrogens is 3. The fourth-order valence-electron chi connectivity index (χ4n) is 2.20. The molecule has 0 atom stereocenters. The van der Waals surface area contributed by atoms with E-state index in [2.05, 4.69) is 20.6 Å². The van der Waals surface area contributed by atoms with Crippen LogP contribution >= 0.6 is 0 Å². The van der Waals surface area contributed by atoms with Crippen molar-refractivity contribution in [2.45, 2.75) is 6.92 Å². The minimum Gasteiger partial charge on any atom is -0.295 e. The van der Waals surface area contributed by atoms with Gasteiger partial charge in [-0.1, -0.05) is 0 Å². The molecule has 0 aliphatic rings. The molecule has 2 N–H and O–H groups in total. The quantitative estimate of drug-likeness (QED) is 0.560. The van der Waals surface area contributed by atoms with Gasteiger partial charge >= 0.3 is 0 Å². The van der Waals surface area contributed by atoms with E-state index >= 15 is 0 Å². The number of pyridine rings is 1. The smallest absolute Gasteiger partial charge is 0.280 e. The largest absolute Gasteiger partial charge is 0.295 e. The molecule has 0 spiro atoms. The second-order valence-electron chi connectivity index (χ2n) is 5.21. The summed E-state index contributed by atoms with van der Waals surface area (Å²) < 4.78 is 14.3. The third kappa shape index (κ3) is 3.52. The fraction of sp³-hybridized carbons (Fsp3) is 0.0588. The van der Waals surface area contributed by atoms with Gasteiger partial charge in [-0.2, -0.15) is 5.10 Å². The Morgan fingerprint density at radius 3 is 2.76 bits per heavy atom. The molecule has 0 saturated carbocycles. The second kappa shape index (κ2) is 6.91. The molecule has 3 rings (SSSR count). The Morgan fingerprint density at radius 1 is 1.32 bits per heavy atom. The number of nitrogens with zero attached hydrogens (tertiary/aromatic N) is 3. The van der Waals surface area contributed by atoms with Gasteiger partial charge in [0, 0.05) is 18.1 Å². The van der Waals surface area contributed by atoms with E-state index in [9.17, 15) is 14.0 Å². The molecule has 7 nitrogen and oxygen atoms in total. The predicted octanol–water partition coefficient (Wildman–Crippen LogP) is 1.77. The SMILES string of the molecule is Cc1[nH]n(-c2ccc(F)cc2)c(=O)c1C=NNC(=O)c1cccnc1. The number of nitrogens with one attached hydrogen (secondary N) is 2. The van der Waals surface area contributed by atoms with Crippen molar-refractivity contribution in [2.24, 2.45) is 5.10 Å². The highest BCUT2D eigenvalue weighted by atomic mass is 19.1. The number of hydrogen-bond acceptors (Lipinski definition) is 4. The van der Waals surface area contributed by atoms with Crippen LogP contribution < -0.4 is 11.0 Å². The Kier molecular flexibility index (Phi) is 4.51. The number of amides is 1. The molecule has 2 aromatic heterocycles. The van der Waals surface area contributed by atoms with E-state index in [1.54, 1.807) is 25.3 Å². The lowest BCUT2D eigenvalue weighted by atomic mass is 10.3. The lowest BCUT2D eigenvalue weighted by Gasteiger charge is -2.00. The first-order valence-electron chi connectivity index (χ1n) is 7.37. The van der Waals surface area contributed by atoms with Crippen molar-refractivity contribution >= 4 is 12.1 Å². The number of aryl methyl sites for hydroxylation is 1. The number of rotatable bonds is 4. The summed E-state index contributed by atoms with van der Waals surface area (Å²) in [5.41, 5.74) is 3.68. The van der Waals surface area contributed by atoms with Gasteiger partial charge in [0.05, 0.1) is 23.0 Å². The molecule has 1 amide bonds. The van der Waals surface area contributed by atoms with E-state index in [0.29, 0.717) is 16.9 Å². The van der Waals surface area contributed by atoms with Gasteiger partial charge in [0.25, 0.3) is 11.5 Å². The average molecular weight is 339 g/mol. The molecule has 126 valence electrons. The van der Waals surface area contributed by atoms with Gasteiger partial charge in [-0.25, -0.2) is 14.5 Å². The molecule has 0 aliphatic carbocycles. The molecule has 0 radical (unpaired) electrons. The van der Waals surface area contributed by atoms with Crippen LogP contribution in [0.15, 0.2) is 58.7 Å². The fourth-order valence-corrected chi connectivity index (χ4v) is 2.20. The minimum atomic E-state index is -0.434. The van der Waals surface area contributed by atoms with Gasteiger partial charge in [-0.3, -0.25) is 19.7 Å². The lowest BCUT2D eigenvalue weighted by Crippen LogP contribution is -2.20. The molecule has 2 heterocycles. The summed E-state index contributed by atoms with van der Waals surface area (Å²) in [6.07, 6.45) is 4.23. The summed E-state index contributed by atoms with van der Waals surface area (Å²) in [4.78, 5) is 28.2. The summed E-state index contributed by atoms with van der Waals surface area (Å²) in [5, 5.41) is 6.70. The van der Waals surface area contributed by atoms with Gasteiger partial charge in [0.15, 0.2) is 0 Å². The van der Waals surface area contributed by atoms with E-state index in [1.807, 2.05) is 0 Å². The minimum absolute atomic E-state index is 0.288. The van der Waals surface area contributed by atoms with Crippen LogP contribution in [0.1, 0.15) is 21.6 Å². The highest BCUT2D eigenvalue weighted by Crippen LogP contribution is 2.07. The van der Waals surface area contributed by atoms with E-state index in [0.717, 1.165) is 0 Å². The average Bonchev–Trinajstić information content (AvgIpc) is 2.91. The Morgan fingerprint density at radius 2 is 2.08 bits per heavy atom. The molecule has 0 bridgehead atoms. The van der Waals surface area contributed by atoms with Crippen molar-refractivity contribution in [3.8, 4) is 5.69 Å². The molecule has 25 heavy (non-hydrogen) atoms. The Labute approximate surface area is 141 Å². The van der Waals surface area contributed by atoms with Crippen molar-refractivity contribution in [1.82, 2.24) is 20.2 Å². The number of carbonyl (C=O) groups is 1. The molecule has 0 saturated heterocycles. The van der Waals surface area contributed by atoms with Crippen LogP contribution in [-0.2, 0) is 0 Å². The van der Waals surface area contributed by atoms with Crippen LogP contribution in [0.2, 0.25) is 0 Å². The van der Waals surface area contributed by atoms with Gasteiger partial charge in [0.2, 0.25) is 0 Å². The van der Waals surface area contributed by atoms with Gasteiger partial charge < -0.3 is 0 Å². The highest BCUT2D eigenvalue weighted by molar-refractivity contribution is 5.94. The summed E-state index contributed by atoms with van der Waals surface area (Å²) in [7, 11) is 0. The number of hydrazone groups is 1. The van der Waals surface area contributed by atoms with Crippen LogP contribution in [0.4, 0.5) is 4.39 Å². The summed E-state index contributed by atoms with van der Waals surface area (Å²) in [5.74, 6) is -0.823. The third-order valence-corrected chi connectivity index (χ3v) is 3.49. The topological polar surface area (TPSA) is 92.1 Å². The van der Waals surface area contributed by atoms with Crippen LogP contribution in [0.5, 0.6) is 0 Å². The number of aromatic amines is 1. The number of carbonyl (C=O) groups excluding carboxylic acids is 1. The summed E-state index contributed by atoms with van der Waals surface area (Å²) in [6.45, 7) is 1.70. The van der Waals surface area contributed by atoms with Gasteiger partial charge in [-0.15, -0.1) is 0 Å². The van der Waals surface area contributed by atoms with Crippen molar-refractivity contribution in [1.29, 1.82) is 0 Å². The number of H-pyrrole nitrogens is 1. The maximum atomic E-state index is 13.0. The first-order chi connectivity index (χ1) is 12.1. The number of halogens is 1. The number of hydrogen-bond donors (Lipinski definition) is 2. The molecule has 3 aromatic rings. The van der Waals surface area contributed by atoms with Crippen LogP contribution in [-0.4, -0.2) is 26.9 Å². The monoisotopic (exact) mass is 339 g/mol. The highest BCUT2D eigenvalue weighted by Gasteiger charge is 2.11. The maximum Gasteiger partial charge on any atom is 0.280 e. The van der Waals surface area contributed by atoms with Crippen LogP contribution in [0, 0.1) is 12.7 Å². The Bertz CT molecular complexity index is 975. The standard InChI is InChI=1S/C17H14FN5O2/c1-11-15(10-20-21-16(24)12-3-2-8-19-9-12)17(25)23(22-11)14-6-4-13(18)5-7-14/h2-10,22H,1H3,(H,21,24). The Balaban J connectivity index is 1.80. The molecule has 8 heteroatoms. The first kappa shape index (κ1) is 16.3. The van der Waals surface area contributed by atoms with Crippen molar-refractivity contribution in [2.75, 3.05) is 0 Å². The molecule has 0 fully saturated rings. The van der Waals surface area contributed by atoms with Gasteiger partial charge in [-0.05, 0) is 43.3 Å². The zero-order chi connectivity index (χ0) is 17.8. The first-order valence-corrected chi connectivity index (χ1v) is 7.37. The maximum absolute atomic E-state index is 13.0. The summed E-state index contributed by atoms with van der Waals surface area (Å²) in [6, 6.07) is 8.73. The van der Waals surface area contributed by atoms with Crippen LogP contribution in [0.3, 0.4) is 0 Å². The van der Waals surface area contributed by atoms with Gasteiger partial charge in [0.1, 0.15) is 5.82 Å². The zero-order valence-corrected chi connectivity index (χ0v) is 13.2. The van der Waals surface area contributed by atoms with Crippen LogP contribution in [0.25, 0.3) is 5.69 Å². The van der Waals surface area contributed by atoms with Crippen molar-refractivity contribution < 1.29 is 9.18 Å². The molecular formula is C17H14FN5O2. The normalized spacial score (nSPS) is 11.0. The summed E-state index contributed by atoms with van der Waals surface area (Å²) >= 11 is 0. The third-order valence-electron chi connectivity index (χ3n) is 3.49. The van der Waals surface area contributed by atoms with E-state index in [1.165, 1.54) is 41.4 Å². The second-order valence-corrected chi connectivity index (χ2v) is 5.21. The predicted molar refractivity (Wildman–Crippen MR) is 90.4 cm³/mol. The van der Waals surface area contributed by atoms with E-state index < -0.39 is 5.91 Å². The van der Waals surface area contributed by atoms with E-state index in [4.69, 9.17) is 0 Å². The molecule has 0 unspecified atom stereocenters. The lowest BCUT2D eigenvalue weighted by molar-refractivity contribution is 0.0955. The molecular weight excluding hydrogens is 325 g/mol. The number of benzene rings is 1. The van der Waals surface area contributed by atoms with E-state index in [-0.39, 0.29) is 16.9 Å². The molecule has 1 aromatic carbocycles. The molecule has 0 aliphatic heterocycles. The Hall–Kier alpha value is -3.55. The van der Waals surface area contributed by atoms with Crippen molar-refractivity contribution in [3.63, 3.8) is 0 Å². The zero-order valence-electron chi connectivity index (χ0n) is 13.2. The van der Waals surface area contributed by atoms with Crippen molar-refractivity contribution in [3.05, 3.63) is 81.8 Å².